The van der Waals surface area contributed by atoms with Gasteiger partial charge in [0.05, 0.1) is 12.3 Å². The molecule has 198 valence electrons. The van der Waals surface area contributed by atoms with E-state index in [1.54, 1.807) is 24.3 Å². The number of sulfone groups is 1. The second kappa shape index (κ2) is 8.48. The van der Waals surface area contributed by atoms with Crippen molar-refractivity contribution in [1.29, 1.82) is 0 Å². The van der Waals surface area contributed by atoms with Crippen LogP contribution >= 0.6 is 0 Å². The largest absolute Gasteiger partial charge is 0.478 e. The van der Waals surface area contributed by atoms with Crippen LogP contribution in [0.1, 0.15) is 37.3 Å². The Morgan fingerprint density at radius 2 is 1.78 bits per heavy atom. The van der Waals surface area contributed by atoms with Gasteiger partial charge in [-0.15, -0.1) is 5.10 Å². The van der Waals surface area contributed by atoms with E-state index in [1.165, 1.54) is 6.92 Å². The Labute approximate surface area is 210 Å². The van der Waals surface area contributed by atoms with Crippen molar-refractivity contribution in [3.63, 3.8) is 0 Å². The van der Waals surface area contributed by atoms with Gasteiger partial charge < -0.3 is 9.84 Å². The van der Waals surface area contributed by atoms with Crippen LogP contribution in [0.3, 0.4) is 0 Å². The number of halogens is 4. The fourth-order valence-corrected chi connectivity index (χ4v) is 6.16. The second-order valence-corrected chi connectivity index (χ2v) is 12.3. The van der Waals surface area contributed by atoms with E-state index >= 15 is 8.78 Å². The van der Waals surface area contributed by atoms with Gasteiger partial charge in [-0.2, -0.15) is 0 Å². The number of nitrogens with zero attached hydrogens (tertiary/aromatic N) is 4. The number of alkyl halides is 2. The monoisotopic (exact) mass is 540 g/mol. The molecule has 0 amide bonds. The highest BCUT2D eigenvalue weighted by Crippen LogP contribution is 2.80. The van der Waals surface area contributed by atoms with Crippen LogP contribution in [-0.4, -0.2) is 51.3 Å². The third kappa shape index (κ3) is 3.99. The van der Waals surface area contributed by atoms with E-state index in [-0.39, 0.29) is 25.0 Å². The van der Waals surface area contributed by atoms with Crippen molar-refractivity contribution in [1.82, 2.24) is 20.2 Å². The van der Waals surface area contributed by atoms with Crippen LogP contribution in [0, 0.1) is 17.0 Å². The molecule has 37 heavy (non-hydrogen) atoms. The fourth-order valence-electron chi connectivity index (χ4n) is 5.68. The summed E-state index contributed by atoms with van der Waals surface area (Å²) in [6.45, 7) is 0.682. The van der Waals surface area contributed by atoms with Gasteiger partial charge in [-0.05, 0) is 64.9 Å². The molecule has 1 unspecified atom stereocenters. The van der Waals surface area contributed by atoms with E-state index < -0.39 is 61.9 Å². The number of rotatable bonds is 10. The Hall–Kier alpha value is -3.06. The molecule has 0 aliphatic heterocycles. The van der Waals surface area contributed by atoms with Crippen molar-refractivity contribution in [2.75, 3.05) is 11.7 Å². The fraction of sp³-hybridized carbons (Fsp3) is 0.458. The molecule has 1 N–H and O–H groups in total. The average molecular weight is 541 g/mol. The second-order valence-electron chi connectivity index (χ2n) is 9.98. The first kappa shape index (κ1) is 25.6. The Morgan fingerprint density at radius 3 is 2.35 bits per heavy atom. The van der Waals surface area contributed by atoms with Crippen LogP contribution in [0.2, 0.25) is 0 Å². The molecule has 3 aliphatic carbocycles. The van der Waals surface area contributed by atoms with Gasteiger partial charge in [-0.1, -0.05) is 19.1 Å². The molecule has 1 heterocycles. The molecule has 2 bridgehead atoms. The third-order valence-electron chi connectivity index (χ3n) is 7.69. The Morgan fingerprint density at radius 1 is 1.11 bits per heavy atom. The summed E-state index contributed by atoms with van der Waals surface area (Å²) in [7, 11) is -3.32. The van der Waals surface area contributed by atoms with Crippen LogP contribution in [0.5, 0.6) is 5.75 Å². The van der Waals surface area contributed by atoms with Crippen LogP contribution in [-0.2, 0) is 27.4 Å². The average Bonchev–Trinajstić information content (AvgIpc) is 3.29. The summed E-state index contributed by atoms with van der Waals surface area (Å²) in [4.78, 5) is 0. The first-order valence-electron chi connectivity index (χ1n) is 11.6. The van der Waals surface area contributed by atoms with Crippen molar-refractivity contribution < 1.29 is 35.8 Å². The smallest absolute Gasteiger partial charge is 0.287 e. The molecule has 0 spiro atoms. The van der Waals surface area contributed by atoms with Crippen molar-refractivity contribution in [3.05, 3.63) is 71.6 Å². The number of aliphatic hydroxyl groups is 1. The number of ether oxygens (including phenoxy) is 1. The molecular weight excluding hydrogens is 516 g/mol. The predicted octanol–water partition coefficient (Wildman–Crippen LogP) is 3.37. The minimum absolute atomic E-state index is 0.0398. The van der Waals surface area contributed by atoms with Crippen LogP contribution in [0.15, 0.2) is 48.8 Å². The highest BCUT2D eigenvalue weighted by Gasteiger charge is 2.82. The minimum atomic E-state index is -3.82. The topological polar surface area (TPSA) is 107 Å². The maximum absolute atomic E-state index is 16.2. The van der Waals surface area contributed by atoms with Gasteiger partial charge in [-0.3, -0.25) is 0 Å². The van der Waals surface area contributed by atoms with Crippen molar-refractivity contribution >= 4 is 9.84 Å². The van der Waals surface area contributed by atoms with Gasteiger partial charge in [0.15, 0.2) is 21.4 Å². The molecule has 0 saturated heterocycles. The van der Waals surface area contributed by atoms with E-state index in [9.17, 15) is 22.3 Å². The lowest BCUT2D eigenvalue weighted by Crippen LogP contribution is -2.76. The zero-order valence-corrected chi connectivity index (χ0v) is 20.6. The van der Waals surface area contributed by atoms with E-state index in [0.717, 1.165) is 28.7 Å². The zero-order chi connectivity index (χ0) is 26.7. The van der Waals surface area contributed by atoms with Crippen LogP contribution in [0.4, 0.5) is 17.6 Å². The maximum Gasteiger partial charge on any atom is 0.287 e. The Kier molecular flexibility index (Phi) is 5.87. The molecule has 3 aromatic rings. The summed E-state index contributed by atoms with van der Waals surface area (Å²) < 4.78 is 90.2. The summed E-state index contributed by atoms with van der Waals surface area (Å²) in [5.74, 6) is -6.23. The number of hydrogen-bond acceptors (Lipinski definition) is 7. The first-order chi connectivity index (χ1) is 17.4. The quantitative estimate of drug-likeness (QED) is 0.393. The molecule has 3 saturated carbocycles. The molecule has 2 aromatic carbocycles. The minimum Gasteiger partial charge on any atom is -0.478 e. The van der Waals surface area contributed by atoms with Gasteiger partial charge in [0.1, 0.15) is 23.7 Å². The molecule has 3 aliphatic rings. The normalized spacial score (nSPS) is 24.6. The van der Waals surface area contributed by atoms with Crippen LogP contribution in [0.25, 0.3) is 0 Å². The highest BCUT2D eigenvalue weighted by molar-refractivity contribution is 7.91. The number of benzene rings is 2. The SMILES string of the molecule is CCS(=O)(=O)COc1ccc(C23CC(C(F)(F)C(O)(Cn4cnnn4)c4ccc(F)cc4F)(C2)C3)cc1. The van der Waals surface area contributed by atoms with Gasteiger partial charge in [-0.25, -0.2) is 30.7 Å². The van der Waals surface area contributed by atoms with Crippen molar-refractivity contribution in [3.8, 4) is 5.75 Å². The van der Waals surface area contributed by atoms with Gasteiger partial charge in [0.25, 0.3) is 5.92 Å². The molecule has 0 radical (unpaired) electrons. The van der Waals surface area contributed by atoms with E-state index in [0.29, 0.717) is 11.8 Å². The lowest BCUT2D eigenvalue weighted by molar-refractivity contribution is -0.347. The molecular formula is C24H24F4N4O4S. The van der Waals surface area contributed by atoms with Crippen molar-refractivity contribution in [2.24, 2.45) is 5.41 Å². The molecule has 8 nitrogen and oxygen atoms in total. The summed E-state index contributed by atoms with van der Waals surface area (Å²) in [6.07, 6.45) is 1.15. The number of aromatic nitrogens is 4. The van der Waals surface area contributed by atoms with Crippen LogP contribution < -0.4 is 4.74 Å². The maximum atomic E-state index is 16.2. The lowest BCUT2D eigenvalue weighted by atomic mass is 9.30. The van der Waals surface area contributed by atoms with E-state index in [2.05, 4.69) is 15.5 Å². The summed E-state index contributed by atoms with van der Waals surface area (Å²) in [6, 6.07) is 8.69. The van der Waals surface area contributed by atoms with Gasteiger partial charge >= 0.3 is 0 Å². The van der Waals surface area contributed by atoms with Gasteiger partial charge in [0.2, 0.25) is 0 Å². The molecule has 6 rings (SSSR count). The number of tetrazole rings is 1. The predicted molar refractivity (Wildman–Crippen MR) is 122 cm³/mol. The first-order valence-corrected chi connectivity index (χ1v) is 13.4. The van der Waals surface area contributed by atoms with Gasteiger partial charge in [0, 0.05) is 17.0 Å². The highest BCUT2D eigenvalue weighted by atomic mass is 32.2. The standard InChI is InChI=1S/C24H24F4N4O4S/c1-2-37(34,35)15-36-18-6-3-16(4-7-18)21-10-22(11-21,12-21)24(27,28)23(33,13-32-14-29-30-31-32)19-8-5-17(25)9-20(19)26/h3-9,14,33H,2,10-13,15H2,1H3. The Balaban J connectivity index is 1.38. The van der Waals surface area contributed by atoms with E-state index in [1.807, 2.05) is 0 Å². The Bertz CT molecular complexity index is 1400. The molecule has 1 aromatic heterocycles. The summed E-state index contributed by atoms with van der Waals surface area (Å²) in [5.41, 5.74) is -5.16. The summed E-state index contributed by atoms with van der Waals surface area (Å²) >= 11 is 0. The summed E-state index contributed by atoms with van der Waals surface area (Å²) in [5, 5.41) is 21.8. The van der Waals surface area contributed by atoms with Crippen molar-refractivity contribution in [2.45, 2.75) is 49.7 Å². The third-order valence-corrected chi connectivity index (χ3v) is 9.04. The zero-order valence-electron chi connectivity index (χ0n) is 19.7. The molecule has 13 heteroatoms. The molecule has 3 fully saturated rings. The lowest BCUT2D eigenvalue weighted by Gasteiger charge is -2.74. The van der Waals surface area contributed by atoms with E-state index in [4.69, 9.17) is 4.74 Å². The molecule has 1 atom stereocenters. The number of hydrogen-bond donors (Lipinski definition) is 1.